The van der Waals surface area contributed by atoms with Crippen LogP contribution in [0.25, 0.3) is 21.9 Å². The summed E-state index contributed by atoms with van der Waals surface area (Å²) in [6.45, 7) is 6.30. The first-order valence-corrected chi connectivity index (χ1v) is 10.3. The van der Waals surface area contributed by atoms with Crippen molar-refractivity contribution in [2.45, 2.75) is 40.0 Å². The fraction of sp³-hybridized carbons (Fsp3) is 0.280. The highest BCUT2D eigenvalue weighted by atomic mass is 16.4. The molecule has 0 unspecified atom stereocenters. The Morgan fingerprint density at radius 2 is 1.61 bits per heavy atom. The van der Waals surface area contributed by atoms with E-state index in [0.29, 0.717) is 36.1 Å². The molecule has 2 heterocycles. The molecule has 0 aliphatic rings. The number of carbonyl (C=O) groups is 1. The molecule has 4 rings (SSSR count). The van der Waals surface area contributed by atoms with Crippen molar-refractivity contribution in [3.63, 3.8) is 0 Å². The number of aromatic hydroxyl groups is 1. The Hall–Kier alpha value is -3.54. The molecule has 0 fully saturated rings. The number of amides is 1. The normalized spacial score (nSPS) is 11.3. The van der Waals surface area contributed by atoms with Crippen molar-refractivity contribution in [2.75, 3.05) is 6.54 Å². The van der Waals surface area contributed by atoms with E-state index in [4.69, 9.17) is 8.83 Å². The van der Waals surface area contributed by atoms with E-state index < -0.39 is 5.63 Å². The molecule has 160 valence electrons. The van der Waals surface area contributed by atoms with Crippen LogP contribution >= 0.6 is 0 Å². The number of furan rings is 1. The highest BCUT2D eigenvalue weighted by molar-refractivity contribution is 5.96. The number of rotatable bonds is 6. The van der Waals surface area contributed by atoms with Crippen LogP contribution in [0.5, 0.6) is 5.75 Å². The first-order valence-electron chi connectivity index (χ1n) is 10.3. The first-order chi connectivity index (χ1) is 14.8. The van der Waals surface area contributed by atoms with E-state index >= 15 is 0 Å². The minimum absolute atomic E-state index is 0.116. The van der Waals surface area contributed by atoms with Crippen molar-refractivity contribution < 1.29 is 18.7 Å². The molecule has 4 aromatic rings. The molecule has 0 saturated carbocycles. The van der Waals surface area contributed by atoms with E-state index in [-0.39, 0.29) is 18.1 Å². The van der Waals surface area contributed by atoms with Gasteiger partial charge >= 0.3 is 5.63 Å². The number of phenolic OH excluding ortho intramolecular Hbond substituents is 1. The van der Waals surface area contributed by atoms with Gasteiger partial charge in [-0.15, -0.1) is 0 Å². The molecule has 6 heteroatoms. The van der Waals surface area contributed by atoms with Crippen LogP contribution in [0.3, 0.4) is 0 Å². The molecule has 0 spiro atoms. The number of fused-ring (bicyclic) bond motifs is 2. The van der Waals surface area contributed by atoms with Crippen LogP contribution < -0.4 is 10.9 Å². The van der Waals surface area contributed by atoms with Gasteiger partial charge in [0, 0.05) is 35.4 Å². The fourth-order valence-corrected chi connectivity index (χ4v) is 3.85. The minimum Gasteiger partial charge on any atom is -0.508 e. The molecule has 0 atom stereocenters. The maximum atomic E-state index is 12.6. The lowest BCUT2D eigenvalue weighted by Crippen LogP contribution is -2.26. The Morgan fingerprint density at radius 3 is 2.35 bits per heavy atom. The SMILES string of the molecule is Cc1oc2cc3oc(=O)c(CCC(=O)NCCc4ccc(O)cc4)c(C)c3cc2c1C. The number of hydrogen-bond donors (Lipinski definition) is 2. The van der Waals surface area contributed by atoms with Crippen molar-refractivity contribution >= 4 is 27.8 Å². The second kappa shape index (κ2) is 8.30. The maximum Gasteiger partial charge on any atom is 0.339 e. The zero-order valence-electron chi connectivity index (χ0n) is 17.9. The third kappa shape index (κ3) is 4.19. The second-order valence-corrected chi connectivity index (χ2v) is 7.89. The molecule has 0 aliphatic carbocycles. The zero-order valence-corrected chi connectivity index (χ0v) is 17.9. The average molecular weight is 419 g/mol. The number of aryl methyl sites for hydroxylation is 3. The monoisotopic (exact) mass is 419 g/mol. The van der Waals surface area contributed by atoms with Gasteiger partial charge in [-0.25, -0.2) is 4.79 Å². The summed E-state index contributed by atoms with van der Waals surface area (Å²) in [5, 5.41) is 14.1. The van der Waals surface area contributed by atoms with Crippen LogP contribution in [0, 0.1) is 20.8 Å². The second-order valence-electron chi connectivity index (χ2n) is 7.89. The van der Waals surface area contributed by atoms with Crippen LogP contribution in [0.4, 0.5) is 0 Å². The van der Waals surface area contributed by atoms with Gasteiger partial charge < -0.3 is 19.3 Å². The predicted octanol–water partition coefficient (Wildman–Crippen LogP) is 4.46. The molecule has 0 radical (unpaired) electrons. The summed E-state index contributed by atoms with van der Waals surface area (Å²) in [5.41, 5.74) is 4.23. The summed E-state index contributed by atoms with van der Waals surface area (Å²) < 4.78 is 11.3. The van der Waals surface area contributed by atoms with E-state index in [1.165, 1.54) is 0 Å². The van der Waals surface area contributed by atoms with Crippen molar-refractivity contribution in [3.05, 3.63) is 74.8 Å². The molecule has 0 bridgehead atoms. The lowest BCUT2D eigenvalue weighted by Gasteiger charge is -2.09. The van der Waals surface area contributed by atoms with Gasteiger partial charge in [0.1, 0.15) is 22.7 Å². The van der Waals surface area contributed by atoms with Crippen molar-refractivity contribution in [1.82, 2.24) is 5.32 Å². The summed E-state index contributed by atoms with van der Waals surface area (Å²) in [4.78, 5) is 24.8. The standard InChI is InChI=1S/C25H25NO5/c1-14-16(3)30-22-13-23-21(12-20(14)22)15(2)19(25(29)31-23)8-9-24(28)26-11-10-17-4-6-18(27)7-5-17/h4-7,12-13,27H,8-11H2,1-3H3,(H,26,28). The summed E-state index contributed by atoms with van der Waals surface area (Å²) in [7, 11) is 0. The summed E-state index contributed by atoms with van der Waals surface area (Å²) in [6.07, 6.45) is 1.19. The number of phenols is 1. The molecule has 2 aromatic heterocycles. The van der Waals surface area contributed by atoms with E-state index in [9.17, 15) is 14.7 Å². The van der Waals surface area contributed by atoms with Crippen LogP contribution in [0.15, 0.2) is 50.0 Å². The fourth-order valence-electron chi connectivity index (χ4n) is 3.85. The third-order valence-electron chi connectivity index (χ3n) is 5.86. The van der Waals surface area contributed by atoms with Crippen LogP contribution in [-0.4, -0.2) is 17.6 Å². The molecule has 0 aliphatic heterocycles. The topological polar surface area (TPSA) is 92.7 Å². The lowest BCUT2D eigenvalue weighted by molar-refractivity contribution is -0.121. The van der Waals surface area contributed by atoms with E-state index in [2.05, 4.69) is 5.32 Å². The summed E-state index contributed by atoms with van der Waals surface area (Å²) >= 11 is 0. The molecule has 2 aromatic carbocycles. The number of nitrogens with one attached hydrogen (secondary N) is 1. The molecule has 1 amide bonds. The van der Waals surface area contributed by atoms with Crippen LogP contribution in [-0.2, 0) is 17.6 Å². The average Bonchev–Trinajstić information content (AvgIpc) is 3.01. The van der Waals surface area contributed by atoms with Crippen LogP contribution in [0.2, 0.25) is 0 Å². The highest BCUT2D eigenvalue weighted by Crippen LogP contribution is 2.31. The largest absolute Gasteiger partial charge is 0.508 e. The minimum atomic E-state index is -0.416. The summed E-state index contributed by atoms with van der Waals surface area (Å²) in [6, 6.07) is 10.7. The lowest BCUT2D eigenvalue weighted by atomic mass is 10.0. The molecular weight excluding hydrogens is 394 g/mol. The molecule has 6 nitrogen and oxygen atoms in total. The van der Waals surface area contributed by atoms with Crippen molar-refractivity contribution in [1.29, 1.82) is 0 Å². The van der Waals surface area contributed by atoms with Gasteiger partial charge in [0.2, 0.25) is 5.91 Å². The molecular formula is C25H25NO5. The Kier molecular flexibility index (Phi) is 5.55. The van der Waals surface area contributed by atoms with Crippen molar-refractivity contribution in [2.24, 2.45) is 0 Å². The highest BCUT2D eigenvalue weighted by Gasteiger charge is 2.16. The number of carbonyl (C=O) groups excluding carboxylic acids is 1. The van der Waals surface area contributed by atoms with Gasteiger partial charge in [-0.3, -0.25) is 4.79 Å². The van der Waals surface area contributed by atoms with Gasteiger partial charge in [0.15, 0.2) is 0 Å². The molecule has 31 heavy (non-hydrogen) atoms. The van der Waals surface area contributed by atoms with E-state index in [1.54, 1.807) is 18.2 Å². The van der Waals surface area contributed by atoms with Crippen molar-refractivity contribution in [3.8, 4) is 5.75 Å². The summed E-state index contributed by atoms with van der Waals surface area (Å²) in [5.74, 6) is 0.945. The molecule has 2 N–H and O–H groups in total. The Balaban J connectivity index is 1.46. The smallest absolute Gasteiger partial charge is 0.339 e. The van der Waals surface area contributed by atoms with Gasteiger partial charge in [-0.1, -0.05) is 12.1 Å². The maximum absolute atomic E-state index is 12.6. The van der Waals surface area contributed by atoms with Gasteiger partial charge in [-0.2, -0.15) is 0 Å². The predicted molar refractivity (Wildman–Crippen MR) is 120 cm³/mol. The Morgan fingerprint density at radius 1 is 0.935 bits per heavy atom. The van der Waals surface area contributed by atoms with E-state index in [1.807, 2.05) is 39.0 Å². The van der Waals surface area contributed by atoms with E-state index in [0.717, 1.165) is 33.2 Å². The van der Waals surface area contributed by atoms with Gasteiger partial charge in [-0.05, 0) is 68.5 Å². The van der Waals surface area contributed by atoms with Crippen LogP contribution in [0.1, 0.15) is 34.4 Å². The Labute approximate surface area is 179 Å². The third-order valence-corrected chi connectivity index (χ3v) is 5.86. The Bertz CT molecular complexity index is 1330. The van der Waals surface area contributed by atoms with Gasteiger partial charge in [0.05, 0.1) is 0 Å². The zero-order chi connectivity index (χ0) is 22.1. The van der Waals surface area contributed by atoms with Gasteiger partial charge in [0.25, 0.3) is 0 Å². The molecule has 0 saturated heterocycles. The quantitative estimate of drug-likeness (QED) is 0.450. The number of benzene rings is 2. The number of hydrogen-bond acceptors (Lipinski definition) is 5. The first kappa shape index (κ1) is 20.7.